The molecule has 0 spiro atoms. The molecule has 2 heteroatoms. The minimum Gasteiger partial charge on any atom is -0.380 e. The van der Waals surface area contributed by atoms with E-state index in [1.807, 2.05) is 6.08 Å². The van der Waals surface area contributed by atoms with Crippen molar-refractivity contribution in [3.8, 4) is 0 Å². The molecule has 0 bridgehead atoms. The van der Waals surface area contributed by atoms with E-state index in [0.29, 0.717) is 5.92 Å². The third kappa shape index (κ3) is 1.78. The third-order valence-electron chi connectivity index (χ3n) is 3.71. The van der Waals surface area contributed by atoms with E-state index >= 15 is 0 Å². The minimum absolute atomic E-state index is 0.0884. The van der Waals surface area contributed by atoms with Gasteiger partial charge in [0.05, 0.1) is 13.2 Å². The zero-order chi connectivity index (χ0) is 11.1. The highest BCUT2D eigenvalue weighted by Crippen LogP contribution is 2.46. The summed E-state index contributed by atoms with van der Waals surface area (Å²) in [6.07, 6.45) is 3.72. The predicted octanol–water partition coefficient (Wildman–Crippen LogP) is 2.50. The van der Waals surface area contributed by atoms with Gasteiger partial charge in [0, 0.05) is 11.3 Å². The van der Waals surface area contributed by atoms with E-state index in [1.54, 1.807) is 6.92 Å². The van der Waals surface area contributed by atoms with Gasteiger partial charge in [-0.05, 0) is 25.3 Å². The van der Waals surface area contributed by atoms with E-state index in [-0.39, 0.29) is 11.2 Å². The molecule has 2 aliphatic rings. The predicted molar refractivity (Wildman–Crippen MR) is 59.6 cm³/mol. The van der Waals surface area contributed by atoms with Crippen molar-refractivity contribution in [3.63, 3.8) is 0 Å². The smallest absolute Gasteiger partial charge is 0.155 e. The Morgan fingerprint density at radius 1 is 1.67 bits per heavy atom. The summed E-state index contributed by atoms with van der Waals surface area (Å²) in [6, 6.07) is 0. The quantitative estimate of drug-likeness (QED) is 0.616. The number of hydrogen-bond donors (Lipinski definition) is 0. The van der Waals surface area contributed by atoms with Gasteiger partial charge < -0.3 is 4.74 Å². The SMILES string of the molecule is C=C1CC=C(C(C)=O)C[C@]2(C)COC[C@H]12. The summed E-state index contributed by atoms with van der Waals surface area (Å²) in [6.45, 7) is 9.50. The van der Waals surface area contributed by atoms with Crippen molar-refractivity contribution in [2.45, 2.75) is 26.7 Å². The second kappa shape index (κ2) is 3.60. The lowest BCUT2D eigenvalue weighted by molar-refractivity contribution is -0.114. The van der Waals surface area contributed by atoms with Crippen LogP contribution in [0.15, 0.2) is 23.8 Å². The molecule has 0 N–H and O–H groups in total. The van der Waals surface area contributed by atoms with Crippen molar-refractivity contribution < 1.29 is 9.53 Å². The van der Waals surface area contributed by atoms with Crippen LogP contribution < -0.4 is 0 Å². The number of carbonyl (C=O) groups excluding carboxylic acids is 1. The second-order valence-electron chi connectivity index (χ2n) is 5.05. The number of Topliss-reactive ketones (excluding diaryl/α,β-unsaturated/α-hetero) is 1. The highest BCUT2D eigenvalue weighted by Gasteiger charge is 2.43. The molecule has 0 amide bonds. The van der Waals surface area contributed by atoms with Crippen molar-refractivity contribution >= 4 is 5.78 Å². The molecule has 1 saturated heterocycles. The van der Waals surface area contributed by atoms with Crippen molar-refractivity contribution in [1.82, 2.24) is 0 Å². The normalized spacial score (nSPS) is 35.7. The van der Waals surface area contributed by atoms with Crippen LogP contribution >= 0.6 is 0 Å². The second-order valence-corrected chi connectivity index (χ2v) is 5.05. The Hall–Kier alpha value is -0.890. The molecule has 0 radical (unpaired) electrons. The summed E-state index contributed by atoms with van der Waals surface area (Å²) >= 11 is 0. The molecule has 0 aromatic rings. The van der Waals surface area contributed by atoms with E-state index in [4.69, 9.17) is 4.74 Å². The van der Waals surface area contributed by atoms with Crippen LogP contribution in [0, 0.1) is 11.3 Å². The van der Waals surface area contributed by atoms with Crippen LogP contribution in [0.3, 0.4) is 0 Å². The summed E-state index contributed by atoms with van der Waals surface area (Å²) in [5.74, 6) is 0.613. The summed E-state index contributed by atoms with van der Waals surface area (Å²) < 4.78 is 5.55. The van der Waals surface area contributed by atoms with Gasteiger partial charge in [0.2, 0.25) is 0 Å². The highest BCUT2D eigenvalue weighted by atomic mass is 16.5. The molecular formula is C13H18O2. The van der Waals surface area contributed by atoms with Gasteiger partial charge in [-0.1, -0.05) is 25.2 Å². The molecule has 1 fully saturated rings. The van der Waals surface area contributed by atoms with E-state index < -0.39 is 0 Å². The minimum atomic E-state index is 0.0884. The first-order chi connectivity index (χ1) is 7.03. The summed E-state index contributed by atoms with van der Waals surface area (Å²) in [4.78, 5) is 11.5. The first-order valence-corrected chi connectivity index (χ1v) is 5.48. The van der Waals surface area contributed by atoms with Crippen LogP contribution in [0.25, 0.3) is 0 Å². The zero-order valence-corrected chi connectivity index (χ0v) is 9.51. The lowest BCUT2D eigenvalue weighted by atomic mass is 9.73. The van der Waals surface area contributed by atoms with Crippen molar-refractivity contribution in [2.24, 2.45) is 11.3 Å². The lowest BCUT2D eigenvalue weighted by Gasteiger charge is -2.29. The van der Waals surface area contributed by atoms with Gasteiger partial charge in [-0.25, -0.2) is 0 Å². The van der Waals surface area contributed by atoms with Crippen molar-refractivity contribution in [3.05, 3.63) is 23.8 Å². The number of carbonyl (C=O) groups is 1. The molecular weight excluding hydrogens is 188 g/mol. The molecule has 1 heterocycles. The number of ketones is 1. The molecule has 82 valence electrons. The maximum absolute atomic E-state index is 11.5. The Morgan fingerprint density at radius 3 is 3.07 bits per heavy atom. The van der Waals surface area contributed by atoms with Crippen LogP contribution in [0.2, 0.25) is 0 Å². The molecule has 1 aliphatic carbocycles. The van der Waals surface area contributed by atoms with E-state index in [0.717, 1.165) is 31.6 Å². The largest absolute Gasteiger partial charge is 0.380 e. The molecule has 2 nitrogen and oxygen atoms in total. The number of ether oxygens (including phenoxy) is 1. The Morgan fingerprint density at radius 2 is 2.40 bits per heavy atom. The Kier molecular flexibility index (Phi) is 2.55. The van der Waals surface area contributed by atoms with Gasteiger partial charge in [-0.15, -0.1) is 0 Å². The van der Waals surface area contributed by atoms with Gasteiger partial charge in [0.25, 0.3) is 0 Å². The van der Waals surface area contributed by atoms with Gasteiger partial charge in [-0.3, -0.25) is 4.79 Å². The molecule has 0 unspecified atom stereocenters. The van der Waals surface area contributed by atoms with Crippen molar-refractivity contribution in [1.29, 1.82) is 0 Å². The topological polar surface area (TPSA) is 26.3 Å². The monoisotopic (exact) mass is 206 g/mol. The third-order valence-corrected chi connectivity index (χ3v) is 3.71. The Bertz CT molecular complexity index is 340. The maximum atomic E-state index is 11.5. The Balaban J connectivity index is 2.31. The average molecular weight is 206 g/mol. The molecule has 2 atom stereocenters. The number of allylic oxidation sites excluding steroid dienone is 2. The fourth-order valence-electron chi connectivity index (χ4n) is 2.67. The number of rotatable bonds is 1. The van der Waals surface area contributed by atoms with Crippen LogP contribution in [0.4, 0.5) is 0 Å². The number of fused-ring (bicyclic) bond motifs is 1. The van der Waals surface area contributed by atoms with Gasteiger partial charge in [0.15, 0.2) is 5.78 Å². The molecule has 15 heavy (non-hydrogen) atoms. The molecule has 0 saturated carbocycles. The van der Waals surface area contributed by atoms with Crippen molar-refractivity contribution in [2.75, 3.05) is 13.2 Å². The van der Waals surface area contributed by atoms with Crippen LogP contribution in [0.5, 0.6) is 0 Å². The van der Waals surface area contributed by atoms with Gasteiger partial charge in [-0.2, -0.15) is 0 Å². The standard InChI is InChI=1S/C13H18O2/c1-9-4-5-11(10(2)14)6-13(3)8-15-7-12(9)13/h5,12H,1,4,6-8H2,2-3H3/t12-,13-/m1/s1. The van der Waals surface area contributed by atoms with E-state index in [9.17, 15) is 4.79 Å². The van der Waals surface area contributed by atoms with Crippen LogP contribution in [0.1, 0.15) is 26.7 Å². The fourth-order valence-corrected chi connectivity index (χ4v) is 2.67. The maximum Gasteiger partial charge on any atom is 0.155 e. The van der Waals surface area contributed by atoms with E-state index in [2.05, 4.69) is 13.5 Å². The summed E-state index contributed by atoms with van der Waals surface area (Å²) in [5, 5.41) is 0. The first-order valence-electron chi connectivity index (χ1n) is 5.48. The van der Waals surface area contributed by atoms with Gasteiger partial charge in [0.1, 0.15) is 0 Å². The molecule has 2 rings (SSSR count). The molecule has 0 aromatic heterocycles. The van der Waals surface area contributed by atoms with Gasteiger partial charge >= 0.3 is 0 Å². The van der Waals surface area contributed by atoms with Crippen LogP contribution in [-0.4, -0.2) is 19.0 Å². The number of hydrogen-bond acceptors (Lipinski definition) is 2. The van der Waals surface area contributed by atoms with E-state index in [1.165, 1.54) is 5.57 Å². The summed E-state index contributed by atoms with van der Waals surface area (Å²) in [7, 11) is 0. The first kappa shape index (κ1) is 10.6. The summed E-state index contributed by atoms with van der Waals surface area (Å²) in [5.41, 5.74) is 2.25. The molecule has 1 aliphatic heterocycles. The molecule has 0 aromatic carbocycles. The fraction of sp³-hybridized carbons (Fsp3) is 0.615. The zero-order valence-electron chi connectivity index (χ0n) is 9.51. The Labute approximate surface area is 91.0 Å². The lowest BCUT2D eigenvalue weighted by Crippen LogP contribution is -2.27. The van der Waals surface area contributed by atoms with Crippen LogP contribution in [-0.2, 0) is 9.53 Å². The highest BCUT2D eigenvalue weighted by molar-refractivity contribution is 5.93. The average Bonchev–Trinajstić information content (AvgIpc) is 2.49.